The average molecular weight is 440 g/mol. The Hall–Kier alpha value is -3.88. The first-order valence-corrected chi connectivity index (χ1v) is 9.89. The predicted molar refractivity (Wildman–Crippen MR) is 114 cm³/mol. The topological polar surface area (TPSA) is 68.9 Å². The second kappa shape index (κ2) is 9.09. The lowest BCUT2D eigenvalue weighted by Gasteiger charge is -2.10. The lowest BCUT2D eigenvalue weighted by Crippen LogP contribution is -2.24. The van der Waals surface area contributed by atoms with E-state index in [4.69, 9.17) is 0 Å². The van der Waals surface area contributed by atoms with E-state index < -0.39 is 29.3 Å². The van der Waals surface area contributed by atoms with Gasteiger partial charge in [0.05, 0.1) is 12.2 Å². The number of anilines is 1. The highest BCUT2D eigenvalue weighted by Crippen LogP contribution is 2.26. The minimum absolute atomic E-state index is 0.0233. The number of hydrogen-bond donors (Lipinski definition) is 1. The molecule has 2 aromatic carbocycles. The number of aryl methyl sites for hydroxylation is 1. The van der Waals surface area contributed by atoms with E-state index >= 15 is 0 Å². The van der Waals surface area contributed by atoms with Crippen molar-refractivity contribution < 1.29 is 18.0 Å². The number of nitrogens with one attached hydrogen (secondary N) is 1. The fraction of sp³-hybridized carbons (Fsp3) is 0.174. The number of benzene rings is 2. The number of nitrogens with zero attached hydrogens (tertiary/aromatic N) is 3. The van der Waals surface area contributed by atoms with Crippen LogP contribution in [0.25, 0.3) is 11.0 Å². The zero-order valence-corrected chi connectivity index (χ0v) is 16.8. The van der Waals surface area contributed by atoms with E-state index in [1.807, 2.05) is 30.3 Å². The molecule has 32 heavy (non-hydrogen) atoms. The predicted octanol–water partition coefficient (Wildman–Crippen LogP) is 4.35. The van der Waals surface area contributed by atoms with E-state index in [2.05, 4.69) is 10.4 Å². The molecule has 2 heterocycles. The van der Waals surface area contributed by atoms with Crippen molar-refractivity contribution >= 4 is 22.6 Å². The van der Waals surface area contributed by atoms with Gasteiger partial charge < -0.3 is 5.32 Å². The average Bonchev–Trinajstić information content (AvgIpc) is 3.18. The van der Waals surface area contributed by atoms with Crippen LogP contribution in [-0.2, 0) is 17.9 Å². The SMILES string of the molecule is O=C(CCn1c(=O)cc(C(F)F)c2cn(Cc3ccccc3)nc21)Nc1ccccc1F. The maximum absolute atomic E-state index is 13.7. The van der Waals surface area contributed by atoms with E-state index in [-0.39, 0.29) is 29.7 Å². The van der Waals surface area contributed by atoms with Gasteiger partial charge in [0.25, 0.3) is 12.0 Å². The molecular weight excluding hydrogens is 421 g/mol. The first kappa shape index (κ1) is 21.4. The van der Waals surface area contributed by atoms with Gasteiger partial charge in [-0.2, -0.15) is 5.10 Å². The maximum atomic E-state index is 13.7. The molecule has 2 aromatic heterocycles. The van der Waals surface area contributed by atoms with Gasteiger partial charge in [-0.05, 0) is 17.7 Å². The summed E-state index contributed by atoms with van der Waals surface area (Å²) in [4.78, 5) is 24.8. The second-order valence-electron chi connectivity index (χ2n) is 7.22. The number of carbonyl (C=O) groups excluding carboxylic acids is 1. The van der Waals surface area contributed by atoms with Gasteiger partial charge in [-0.25, -0.2) is 13.2 Å². The maximum Gasteiger partial charge on any atom is 0.264 e. The molecule has 4 rings (SSSR count). The molecule has 0 spiro atoms. The van der Waals surface area contributed by atoms with Gasteiger partial charge in [0.1, 0.15) is 5.82 Å². The molecular formula is C23H19F3N4O2. The van der Waals surface area contributed by atoms with Gasteiger partial charge >= 0.3 is 0 Å². The summed E-state index contributed by atoms with van der Waals surface area (Å²) in [5.74, 6) is -1.10. The fourth-order valence-electron chi connectivity index (χ4n) is 3.44. The number of alkyl halides is 2. The van der Waals surface area contributed by atoms with Crippen LogP contribution in [0.4, 0.5) is 18.9 Å². The van der Waals surface area contributed by atoms with Crippen molar-refractivity contribution in [3.8, 4) is 0 Å². The quantitative estimate of drug-likeness (QED) is 0.465. The summed E-state index contributed by atoms with van der Waals surface area (Å²) in [5.41, 5.74) is -0.0810. The number of amides is 1. The summed E-state index contributed by atoms with van der Waals surface area (Å²) in [6.45, 7) is 0.238. The van der Waals surface area contributed by atoms with Crippen molar-refractivity contribution in [3.05, 3.63) is 94.2 Å². The molecule has 1 N–H and O–H groups in total. The molecule has 0 unspecified atom stereocenters. The van der Waals surface area contributed by atoms with E-state index in [9.17, 15) is 22.8 Å². The number of pyridine rings is 1. The number of rotatable bonds is 7. The highest BCUT2D eigenvalue weighted by Gasteiger charge is 2.19. The number of aromatic nitrogens is 3. The molecule has 0 aliphatic carbocycles. The third-order valence-corrected chi connectivity index (χ3v) is 4.99. The number of para-hydroxylation sites is 1. The Labute approximate surface area is 180 Å². The molecule has 164 valence electrons. The Morgan fingerprint density at radius 1 is 1.06 bits per heavy atom. The van der Waals surface area contributed by atoms with Crippen molar-refractivity contribution in [2.45, 2.75) is 25.9 Å². The molecule has 9 heteroatoms. The number of halogens is 3. The van der Waals surface area contributed by atoms with Crippen molar-refractivity contribution in [2.24, 2.45) is 0 Å². The second-order valence-corrected chi connectivity index (χ2v) is 7.22. The lowest BCUT2D eigenvalue weighted by atomic mass is 10.2. The molecule has 0 atom stereocenters. The minimum Gasteiger partial charge on any atom is -0.324 e. The molecule has 0 aliphatic rings. The van der Waals surface area contributed by atoms with Crippen LogP contribution in [0.15, 0.2) is 71.7 Å². The molecule has 0 fully saturated rings. The van der Waals surface area contributed by atoms with Crippen LogP contribution in [-0.4, -0.2) is 20.3 Å². The van der Waals surface area contributed by atoms with Gasteiger partial charge in [-0.1, -0.05) is 42.5 Å². The highest BCUT2D eigenvalue weighted by atomic mass is 19.3. The summed E-state index contributed by atoms with van der Waals surface area (Å²) in [6, 6.07) is 15.9. The third-order valence-electron chi connectivity index (χ3n) is 4.99. The molecule has 0 aliphatic heterocycles. The van der Waals surface area contributed by atoms with Crippen molar-refractivity contribution in [1.82, 2.24) is 14.3 Å². The standard InChI is InChI=1S/C23H19F3N4O2/c24-18-8-4-5-9-19(18)27-20(31)10-11-30-21(32)12-16(22(25)26)17-14-29(28-23(17)30)13-15-6-2-1-3-7-15/h1-9,12,14,22H,10-11,13H2,(H,27,31). The first-order chi connectivity index (χ1) is 15.4. The molecule has 0 radical (unpaired) electrons. The largest absolute Gasteiger partial charge is 0.324 e. The monoisotopic (exact) mass is 440 g/mol. The van der Waals surface area contributed by atoms with Crippen LogP contribution in [0.2, 0.25) is 0 Å². The van der Waals surface area contributed by atoms with Crippen molar-refractivity contribution in [1.29, 1.82) is 0 Å². The number of carbonyl (C=O) groups is 1. The van der Waals surface area contributed by atoms with Crippen molar-refractivity contribution in [3.63, 3.8) is 0 Å². The van der Waals surface area contributed by atoms with Crippen LogP contribution >= 0.6 is 0 Å². The van der Waals surface area contributed by atoms with Crippen LogP contribution in [0.1, 0.15) is 24.0 Å². The Kier molecular flexibility index (Phi) is 6.07. The van der Waals surface area contributed by atoms with Gasteiger partial charge in [0.2, 0.25) is 5.91 Å². The lowest BCUT2D eigenvalue weighted by molar-refractivity contribution is -0.116. The summed E-state index contributed by atoms with van der Waals surface area (Å²) >= 11 is 0. The summed E-state index contributed by atoms with van der Waals surface area (Å²) in [7, 11) is 0. The number of hydrogen-bond acceptors (Lipinski definition) is 3. The van der Waals surface area contributed by atoms with Gasteiger partial charge in [-0.3, -0.25) is 18.8 Å². The molecule has 0 saturated heterocycles. The highest BCUT2D eigenvalue weighted by molar-refractivity contribution is 5.90. The Morgan fingerprint density at radius 3 is 2.50 bits per heavy atom. The normalized spacial score (nSPS) is 11.2. The minimum atomic E-state index is -2.85. The van der Waals surface area contributed by atoms with E-state index in [0.717, 1.165) is 11.6 Å². The van der Waals surface area contributed by atoms with Gasteiger partial charge in [0.15, 0.2) is 5.65 Å². The summed E-state index contributed by atoms with van der Waals surface area (Å²) < 4.78 is 43.5. The van der Waals surface area contributed by atoms with Crippen LogP contribution in [0, 0.1) is 5.82 Å². The smallest absolute Gasteiger partial charge is 0.264 e. The van der Waals surface area contributed by atoms with Crippen LogP contribution in [0.5, 0.6) is 0 Å². The Morgan fingerprint density at radius 2 is 1.78 bits per heavy atom. The number of fused-ring (bicyclic) bond motifs is 1. The van der Waals surface area contributed by atoms with E-state index in [0.29, 0.717) is 6.54 Å². The van der Waals surface area contributed by atoms with Crippen LogP contribution in [0.3, 0.4) is 0 Å². The summed E-state index contributed by atoms with van der Waals surface area (Å²) in [6.07, 6.45) is -1.54. The molecule has 1 amide bonds. The molecule has 0 saturated carbocycles. The molecule has 4 aromatic rings. The van der Waals surface area contributed by atoms with Gasteiger partial charge in [-0.15, -0.1) is 0 Å². The van der Waals surface area contributed by atoms with E-state index in [1.54, 1.807) is 6.07 Å². The summed E-state index contributed by atoms with van der Waals surface area (Å²) in [5, 5.41) is 6.93. The first-order valence-electron chi connectivity index (χ1n) is 9.89. The third kappa shape index (κ3) is 4.56. The van der Waals surface area contributed by atoms with Crippen LogP contribution < -0.4 is 10.9 Å². The van der Waals surface area contributed by atoms with Crippen molar-refractivity contribution in [2.75, 3.05) is 5.32 Å². The zero-order valence-electron chi connectivity index (χ0n) is 16.8. The van der Waals surface area contributed by atoms with Gasteiger partial charge in [0, 0.05) is 36.2 Å². The Bertz CT molecular complexity index is 1320. The molecule has 6 nitrogen and oxygen atoms in total. The fourth-order valence-corrected chi connectivity index (χ4v) is 3.44. The Balaban J connectivity index is 1.62. The molecule has 0 bridgehead atoms. The van der Waals surface area contributed by atoms with E-state index in [1.165, 1.54) is 33.6 Å². The zero-order chi connectivity index (χ0) is 22.7.